The van der Waals surface area contributed by atoms with Gasteiger partial charge in [0.2, 0.25) is 0 Å². The molecule has 1 amide bonds. The molecule has 1 atom stereocenters. The summed E-state index contributed by atoms with van der Waals surface area (Å²) in [6.07, 6.45) is 2.97. The van der Waals surface area contributed by atoms with Crippen molar-refractivity contribution < 1.29 is 9.90 Å². The second kappa shape index (κ2) is 5.45. The van der Waals surface area contributed by atoms with E-state index >= 15 is 0 Å². The third kappa shape index (κ3) is 3.20. The van der Waals surface area contributed by atoms with Gasteiger partial charge >= 0.3 is 0 Å². The van der Waals surface area contributed by atoms with Crippen molar-refractivity contribution in [2.24, 2.45) is 0 Å². The molecule has 0 radical (unpaired) electrons. The Bertz CT molecular complexity index is 484. The predicted molar refractivity (Wildman–Crippen MR) is 80.8 cm³/mol. The molecule has 5 heteroatoms. The van der Waals surface area contributed by atoms with Crippen molar-refractivity contribution >= 4 is 17.2 Å². The first-order valence-corrected chi connectivity index (χ1v) is 8.09. The Morgan fingerprint density at radius 1 is 1.45 bits per heavy atom. The molecule has 2 N–H and O–H groups in total. The van der Waals surface area contributed by atoms with Gasteiger partial charge in [-0.15, -0.1) is 11.3 Å². The van der Waals surface area contributed by atoms with E-state index in [0.29, 0.717) is 12.8 Å². The second-order valence-electron chi connectivity index (χ2n) is 6.75. The van der Waals surface area contributed by atoms with Crippen LogP contribution in [0, 0.1) is 0 Å². The maximum atomic E-state index is 12.2. The van der Waals surface area contributed by atoms with E-state index in [9.17, 15) is 9.90 Å². The molecule has 1 heterocycles. The summed E-state index contributed by atoms with van der Waals surface area (Å²) >= 11 is 1.56. The topological polar surface area (TPSA) is 62.2 Å². The summed E-state index contributed by atoms with van der Waals surface area (Å²) in [7, 11) is 0. The van der Waals surface area contributed by atoms with Crippen LogP contribution in [-0.4, -0.2) is 21.6 Å². The van der Waals surface area contributed by atoms with Crippen LogP contribution in [0.1, 0.15) is 70.1 Å². The number of hydrogen-bond donors (Lipinski definition) is 2. The number of rotatable bonds is 3. The van der Waals surface area contributed by atoms with Crippen LogP contribution in [0.2, 0.25) is 0 Å². The molecule has 112 valence electrons. The lowest BCUT2D eigenvalue weighted by Gasteiger charge is -2.23. The van der Waals surface area contributed by atoms with Crippen LogP contribution in [0.15, 0.2) is 5.38 Å². The molecule has 4 nitrogen and oxygen atoms in total. The van der Waals surface area contributed by atoms with E-state index in [-0.39, 0.29) is 17.4 Å². The van der Waals surface area contributed by atoms with Gasteiger partial charge in [-0.05, 0) is 32.6 Å². The third-order valence-corrected chi connectivity index (χ3v) is 4.89. The van der Waals surface area contributed by atoms with Gasteiger partial charge in [-0.3, -0.25) is 4.79 Å². The molecular weight excluding hydrogens is 272 g/mol. The molecule has 1 aliphatic carbocycles. The van der Waals surface area contributed by atoms with Gasteiger partial charge in [0, 0.05) is 10.8 Å². The molecular formula is C15H24N2O2S. The summed E-state index contributed by atoms with van der Waals surface area (Å²) in [6.45, 7) is 8.28. The summed E-state index contributed by atoms with van der Waals surface area (Å²) in [6, 6.07) is -0.159. The quantitative estimate of drug-likeness (QED) is 0.901. The van der Waals surface area contributed by atoms with Gasteiger partial charge in [0.1, 0.15) is 10.6 Å². The summed E-state index contributed by atoms with van der Waals surface area (Å²) in [4.78, 5) is 16.8. The van der Waals surface area contributed by atoms with E-state index in [1.807, 2.05) is 12.3 Å². The number of nitrogens with zero attached hydrogens (tertiary/aromatic N) is 1. The minimum atomic E-state index is -1.17. The molecule has 0 saturated heterocycles. The zero-order valence-corrected chi connectivity index (χ0v) is 13.5. The molecule has 0 bridgehead atoms. The maximum Gasteiger partial charge on any atom is 0.252 e. The molecule has 20 heavy (non-hydrogen) atoms. The lowest BCUT2D eigenvalue weighted by molar-refractivity contribution is -0.139. The van der Waals surface area contributed by atoms with E-state index in [1.165, 1.54) is 0 Å². The second-order valence-corrected chi connectivity index (χ2v) is 7.64. The molecule has 1 aromatic heterocycles. The Kier molecular flexibility index (Phi) is 4.21. The van der Waals surface area contributed by atoms with Crippen molar-refractivity contribution in [1.29, 1.82) is 0 Å². The standard InChI is InChI=1S/C15H24N2O2S/c1-10(12-17-11(9-20-12)14(2,3)4)16-13(18)15(19)7-5-6-8-15/h9-10,19H,5-8H2,1-4H3,(H,16,18). The van der Waals surface area contributed by atoms with E-state index in [2.05, 4.69) is 31.1 Å². The highest BCUT2D eigenvalue weighted by Gasteiger charge is 2.39. The van der Waals surface area contributed by atoms with E-state index < -0.39 is 5.60 Å². The minimum absolute atomic E-state index is 0.0160. The fraction of sp³-hybridized carbons (Fsp3) is 0.733. The van der Waals surface area contributed by atoms with Crippen LogP contribution in [-0.2, 0) is 10.2 Å². The SMILES string of the molecule is CC(NC(=O)C1(O)CCCC1)c1nc(C(C)(C)C)cs1. The molecule has 1 aromatic rings. The Labute approximate surface area is 124 Å². The minimum Gasteiger partial charge on any atom is -0.380 e. The van der Waals surface area contributed by atoms with Crippen molar-refractivity contribution in [2.45, 2.75) is 70.4 Å². The summed E-state index contributed by atoms with van der Waals surface area (Å²) in [5.41, 5.74) is -0.112. The zero-order valence-electron chi connectivity index (χ0n) is 12.7. The van der Waals surface area contributed by atoms with Gasteiger partial charge < -0.3 is 10.4 Å². The number of nitrogens with one attached hydrogen (secondary N) is 1. The Balaban J connectivity index is 2.03. The fourth-order valence-electron chi connectivity index (χ4n) is 2.41. The van der Waals surface area contributed by atoms with Gasteiger partial charge in [0.15, 0.2) is 0 Å². The monoisotopic (exact) mass is 296 g/mol. The zero-order chi connectivity index (χ0) is 15.0. The van der Waals surface area contributed by atoms with Crippen molar-refractivity contribution in [1.82, 2.24) is 10.3 Å². The number of thiazole rings is 1. The number of carbonyl (C=O) groups excluding carboxylic acids is 1. The van der Waals surface area contributed by atoms with Crippen molar-refractivity contribution in [3.05, 3.63) is 16.1 Å². The average molecular weight is 296 g/mol. The van der Waals surface area contributed by atoms with Gasteiger partial charge in [0.05, 0.1) is 11.7 Å². The summed E-state index contributed by atoms with van der Waals surface area (Å²) < 4.78 is 0. The van der Waals surface area contributed by atoms with Crippen LogP contribution in [0.5, 0.6) is 0 Å². The smallest absolute Gasteiger partial charge is 0.252 e. The Morgan fingerprint density at radius 2 is 2.05 bits per heavy atom. The Hall–Kier alpha value is -0.940. The molecule has 0 aromatic carbocycles. The highest BCUT2D eigenvalue weighted by molar-refractivity contribution is 7.09. The van der Waals surface area contributed by atoms with Gasteiger partial charge in [-0.25, -0.2) is 4.98 Å². The number of amides is 1. The molecule has 1 fully saturated rings. The van der Waals surface area contributed by atoms with Crippen molar-refractivity contribution in [3.8, 4) is 0 Å². The van der Waals surface area contributed by atoms with Crippen LogP contribution in [0.4, 0.5) is 0 Å². The van der Waals surface area contributed by atoms with Gasteiger partial charge in [0.25, 0.3) is 5.91 Å². The van der Waals surface area contributed by atoms with E-state index in [1.54, 1.807) is 11.3 Å². The van der Waals surface area contributed by atoms with Crippen LogP contribution in [0.3, 0.4) is 0 Å². The van der Waals surface area contributed by atoms with Gasteiger partial charge in [-0.2, -0.15) is 0 Å². The van der Waals surface area contributed by atoms with Crippen molar-refractivity contribution in [3.63, 3.8) is 0 Å². The molecule has 1 saturated carbocycles. The summed E-state index contributed by atoms with van der Waals surface area (Å²) in [5.74, 6) is -0.255. The average Bonchev–Trinajstić information content (AvgIpc) is 2.96. The van der Waals surface area contributed by atoms with Gasteiger partial charge in [-0.1, -0.05) is 20.8 Å². The van der Waals surface area contributed by atoms with Crippen LogP contribution < -0.4 is 5.32 Å². The number of hydrogen-bond acceptors (Lipinski definition) is 4. The lowest BCUT2D eigenvalue weighted by atomic mass is 9.93. The molecule has 0 spiro atoms. The number of aliphatic hydroxyl groups is 1. The first-order chi connectivity index (χ1) is 9.22. The first kappa shape index (κ1) is 15.4. The molecule has 2 rings (SSSR count). The highest BCUT2D eigenvalue weighted by atomic mass is 32.1. The highest BCUT2D eigenvalue weighted by Crippen LogP contribution is 2.31. The fourth-order valence-corrected chi connectivity index (χ4v) is 3.46. The summed E-state index contributed by atoms with van der Waals surface area (Å²) in [5, 5.41) is 16.1. The van der Waals surface area contributed by atoms with Crippen molar-refractivity contribution in [2.75, 3.05) is 0 Å². The maximum absolute atomic E-state index is 12.2. The van der Waals surface area contributed by atoms with Crippen LogP contribution >= 0.6 is 11.3 Å². The lowest BCUT2D eigenvalue weighted by Crippen LogP contribution is -2.45. The van der Waals surface area contributed by atoms with E-state index in [4.69, 9.17) is 0 Å². The molecule has 1 unspecified atom stereocenters. The van der Waals surface area contributed by atoms with Crippen LogP contribution in [0.25, 0.3) is 0 Å². The first-order valence-electron chi connectivity index (χ1n) is 7.22. The third-order valence-electron chi connectivity index (χ3n) is 3.86. The largest absolute Gasteiger partial charge is 0.380 e. The Morgan fingerprint density at radius 3 is 2.55 bits per heavy atom. The van der Waals surface area contributed by atoms with E-state index in [0.717, 1.165) is 23.5 Å². The number of aromatic nitrogens is 1. The number of carbonyl (C=O) groups is 1. The normalized spacial score (nSPS) is 19.9. The molecule has 1 aliphatic rings. The molecule has 0 aliphatic heterocycles. The predicted octanol–water partition coefficient (Wildman–Crippen LogP) is 2.92.